The molecule has 0 radical (unpaired) electrons. The Hall–Kier alpha value is -1.27. The highest BCUT2D eigenvalue weighted by Crippen LogP contribution is 2.38. The molecule has 0 amide bonds. The van der Waals surface area contributed by atoms with Crippen molar-refractivity contribution in [3.8, 4) is 10.4 Å². The summed E-state index contributed by atoms with van der Waals surface area (Å²) < 4.78 is 5.48. The van der Waals surface area contributed by atoms with Gasteiger partial charge in [-0.25, -0.2) is 9.97 Å². The van der Waals surface area contributed by atoms with E-state index in [2.05, 4.69) is 26.8 Å². The van der Waals surface area contributed by atoms with Gasteiger partial charge in [0.05, 0.1) is 12.0 Å². The number of aromatic nitrogens is 2. The monoisotopic (exact) mass is 336 g/mol. The second-order valence-electron chi connectivity index (χ2n) is 4.32. The molecule has 0 aliphatic rings. The summed E-state index contributed by atoms with van der Waals surface area (Å²) >= 11 is 9.63. The first-order valence-corrected chi connectivity index (χ1v) is 8.59. The van der Waals surface area contributed by atoms with E-state index in [4.69, 9.17) is 16.3 Å². The molecule has 0 atom stereocenters. The Bertz CT molecular complexity index is 765. The van der Waals surface area contributed by atoms with Crippen LogP contribution in [0.5, 0.6) is 0 Å². The van der Waals surface area contributed by atoms with Gasteiger partial charge in [0.2, 0.25) is 0 Å². The third kappa shape index (κ3) is 3.16. The third-order valence-electron chi connectivity index (χ3n) is 2.90. The standard InChI is InChI=1S/C15H13ClN2OS2/c1-2-3-6-19-8-12-17-14(16)13-10(9-21-15(13)18-12)11-5-4-7-20-11/h2-5,7,9H,6,8H2,1H3. The second-order valence-corrected chi connectivity index (χ2v) is 6.49. The fourth-order valence-electron chi connectivity index (χ4n) is 1.93. The lowest BCUT2D eigenvalue weighted by Crippen LogP contribution is -1.99. The molecule has 108 valence electrons. The Labute approximate surface area is 135 Å². The molecule has 3 aromatic heterocycles. The van der Waals surface area contributed by atoms with Crippen LogP contribution in [0, 0.1) is 0 Å². The zero-order valence-electron chi connectivity index (χ0n) is 11.4. The van der Waals surface area contributed by atoms with Gasteiger partial charge in [0.25, 0.3) is 0 Å². The SMILES string of the molecule is CC=CCOCc1nc(Cl)c2c(-c3cccs3)csc2n1. The van der Waals surface area contributed by atoms with E-state index in [1.807, 2.05) is 25.1 Å². The second kappa shape index (κ2) is 6.66. The van der Waals surface area contributed by atoms with E-state index in [-0.39, 0.29) is 0 Å². The van der Waals surface area contributed by atoms with Gasteiger partial charge in [0.1, 0.15) is 16.6 Å². The summed E-state index contributed by atoms with van der Waals surface area (Å²) in [6.07, 6.45) is 3.89. The molecule has 0 aliphatic heterocycles. The lowest BCUT2D eigenvalue weighted by atomic mass is 10.2. The molecule has 6 heteroatoms. The van der Waals surface area contributed by atoms with Gasteiger partial charge in [0, 0.05) is 15.8 Å². The van der Waals surface area contributed by atoms with Gasteiger partial charge in [-0.05, 0) is 18.4 Å². The van der Waals surface area contributed by atoms with Crippen molar-refractivity contribution >= 4 is 44.5 Å². The summed E-state index contributed by atoms with van der Waals surface area (Å²) in [7, 11) is 0. The predicted molar refractivity (Wildman–Crippen MR) is 90.2 cm³/mol. The van der Waals surface area contributed by atoms with Crippen LogP contribution in [0.25, 0.3) is 20.7 Å². The maximum absolute atomic E-state index is 6.36. The Morgan fingerprint density at radius 3 is 3.00 bits per heavy atom. The molecule has 21 heavy (non-hydrogen) atoms. The Kier molecular flexibility index (Phi) is 4.65. The zero-order chi connectivity index (χ0) is 14.7. The molecule has 0 saturated heterocycles. The third-order valence-corrected chi connectivity index (χ3v) is 4.95. The van der Waals surface area contributed by atoms with Gasteiger partial charge in [0.15, 0.2) is 5.82 Å². The van der Waals surface area contributed by atoms with E-state index in [1.54, 1.807) is 22.7 Å². The first kappa shape index (κ1) is 14.7. The highest BCUT2D eigenvalue weighted by Gasteiger charge is 2.14. The Morgan fingerprint density at radius 1 is 1.33 bits per heavy atom. The number of rotatable bonds is 5. The Balaban J connectivity index is 1.91. The summed E-state index contributed by atoms with van der Waals surface area (Å²) in [4.78, 5) is 11.0. The van der Waals surface area contributed by atoms with Crippen molar-refractivity contribution in [2.75, 3.05) is 6.61 Å². The van der Waals surface area contributed by atoms with Crippen LogP contribution in [0.1, 0.15) is 12.7 Å². The molecule has 3 rings (SSSR count). The minimum Gasteiger partial charge on any atom is -0.369 e. The lowest BCUT2D eigenvalue weighted by Gasteiger charge is -2.03. The van der Waals surface area contributed by atoms with E-state index in [0.717, 1.165) is 15.8 Å². The number of allylic oxidation sites excluding steroid dienone is 1. The van der Waals surface area contributed by atoms with E-state index in [9.17, 15) is 0 Å². The zero-order valence-corrected chi connectivity index (χ0v) is 13.8. The van der Waals surface area contributed by atoms with E-state index in [1.165, 1.54) is 4.88 Å². The van der Waals surface area contributed by atoms with Crippen LogP contribution in [0.15, 0.2) is 35.0 Å². The van der Waals surface area contributed by atoms with Gasteiger partial charge in [-0.1, -0.05) is 29.8 Å². The van der Waals surface area contributed by atoms with Crippen LogP contribution in [-0.4, -0.2) is 16.6 Å². The van der Waals surface area contributed by atoms with Crippen LogP contribution >= 0.6 is 34.3 Å². The largest absolute Gasteiger partial charge is 0.369 e. The van der Waals surface area contributed by atoms with E-state index < -0.39 is 0 Å². The highest BCUT2D eigenvalue weighted by molar-refractivity contribution is 7.18. The topological polar surface area (TPSA) is 35.0 Å². The van der Waals surface area contributed by atoms with Gasteiger partial charge in [-0.2, -0.15) is 0 Å². The summed E-state index contributed by atoms with van der Waals surface area (Å²) in [5, 5.41) is 5.56. The van der Waals surface area contributed by atoms with Crippen LogP contribution < -0.4 is 0 Å². The van der Waals surface area contributed by atoms with Gasteiger partial charge < -0.3 is 4.74 Å². The van der Waals surface area contributed by atoms with E-state index >= 15 is 0 Å². The number of hydrogen-bond donors (Lipinski definition) is 0. The van der Waals surface area contributed by atoms with Crippen molar-refractivity contribution in [2.24, 2.45) is 0 Å². The molecule has 0 fully saturated rings. The molecule has 0 aromatic carbocycles. The molecule has 0 saturated carbocycles. The Morgan fingerprint density at radius 2 is 2.24 bits per heavy atom. The number of thiophene rings is 2. The van der Waals surface area contributed by atoms with Crippen molar-refractivity contribution in [2.45, 2.75) is 13.5 Å². The average molecular weight is 337 g/mol. The van der Waals surface area contributed by atoms with Gasteiger partial charge in [-0.15, -0.1) is 22.7 Å². The van der Waals surface area contributed by atoms with Crippen molar-refractivity contribution < 1.29 is 4.74 Å². The maximum atomic E-state index is 6.36. The van der Waals surface area contributed by atoms with Crippen molar-refractivity contribution in [1.82, 2.24) is 9.97 Å². The van der Waals surface area contributed by atoms with Gasteiger partial charge in [-0.3, -0.25) is 0 Å². The van der Waals surface area contributed by atoms with Crippen LogP contribution in [0.3, 0.4) is 0 Å². The highest BCUT2D eigenvalue weighted by atomic mass is 35.5. The number of halogens is 1. The minimum atomic E-state index is 0.367. The molecule has 0 aliphatic carbocycles. The number of ether oxygens (including phenoxy) is 1. The molecule has 3 aromatic rings. The first-order chi connectivity index (χ1) is 10.3. The van der Waals surface area contributed by atoms with Crippen LogP contribution in [0.4, 0.5) is 0 Å². The number of fused-ring (bicyclic) bond motifs is 1. The summed E-state index contributed by atoms with van der Waals surface area (Å²) in [6.45, 7) is 2.88. The maximum Gasteiger partial charge on any atom is 0.157 e. The summed E-state index contributed by atoms with van der Waals surface area (Å²) in [6, 6.07) is 4.11. The average Bonchev–Trinajstić information content (AvgIpc) is 3.12. The molecule has 0 N–H and O–H groups in total. The fraction of sp³-hybridized carbons (Fsp3) is 0.200. The van der Waals surface area contributed by atoms with E-state index in [0.29, 0.717) is 24.2 Å². The summed E-state index contributed by atoms with van der Waals surface area (Å²) in [5.74, 6) is 0.622. The molecule has 3 heterocycles. The molecular weight excluding hydrogens is 324 g/mol. The minimum absolute atomic E-state index is 0.367. The molecule has 0 spiro atoms. The number of nitrogens with zero attached hydrogens (tertiary/aromatic N) is 2. The van der Waals surface area contributed by atoms with Crippen molar-refractivity contribution in [1.29, 1.82) is 0 Å². The lowest BCUT2D eigenvalue weighted by molar-refractivity contribution is 0.143. The number of hydrogen-bond acceptors (Lipinski definition) is 5. The van der Waals surface area contributed by atoms with Crippen LogP contribution in [0.2, 0.25) is 5.15 Å². The molecule has 0 bridgehead atoms. The first-order valence-electron chi connectivity index (χ1n) is 6.46. The normalized spacial score (nSPS) is 11.7. The van der Waals surface area contributed by atoms with Crippen molar-refractivity contribution in [3.63, 3.8) is 0 Å². The van der Waals surface area contributed by atoms with Gasteiger partial charge >= 0.3 is 0 Å². The van der Waals surface area contributed by atoms with Crippen molar-refractivity contribution in [3.05, 3.63) is 46.0 Å². The molecular formula is C15H13ClN2OS2. The fourth-order valence-corrected chi connectivity index (χ4v) is 4.06. The predicted octanol–water partition coefficient (Wildman–Crippen LogP) is 5.17. The summed E-state index contributed by atoms with van der Waals surface area (Å²) in [5.41, 5.74) is 1.11. The quantitative estimate of drug-likeness (QED) is 0.366. The molecule has 3 nitrogen and oxygen atoms in total. The molecule has 0 unspecified atom stereocenters. The smallest absolute Gasteiger partial charge is 0.157 e. The van der Waals surface area contributed by atoms with Crippen LogP contribution in [-0.2, 0) is 11.3 Å².